The molecule has 0 amide bonds. The molecule has 2 aromatic rings. The van der Waals surface area contributed by atoms with Crippen LogP contribution in [0.25, 0.3) is 11.1 Å². The van der Waals surface area contributed by atoms with Gasteiger partial charge in [0.2, 0.25) is 6.08 Å². The van der Waals surface area contributed by atoms with Gasteiger partial charge in [-0.1, -0.05) is 12.1 Å². The SMILES string of the molecule is O=C=NCc1cccc2ocnc12. The number of rotatable bonds is 2. The first-order valence-electron chi connectivity index (χ1n) is 3.76. The van der Waals surface area contributed by atoms with Gasteiger partial charge in [-0.05, 0) is 6.07 Å². The first-order chi connectivity index (χ1) is 6.42. The van der Waals surface area contributed by atoms with Crippen LogP contribution in [0.3, 0.4) is 0 Å². The van der Waals surface area contributed by atoms with Gasteiger partial charge >= 0.3 is 0 Å². The molecule has 0 N–H and O–H groups in total. The van der Waals surface area contributed by atoms with E-state index in [1.54, 1.807) is 0 Å². The second-order valence-corrected chi connectivity index (χ2v) is 2.52. The van der Waals surface area contributed by atoms with Crippen LogP contribution in [0.15, 0.2) is 34.0 Å². The minimum Gasteiger partial charge on any atom is -0.443 e. The second-order valence-electron chi connectivity index (χ2n) is 2.52. The number of aliphatic imine (C=N–C) groups is 1. The van der Waals surface area contributed by atoms with Crippen molar-refractivity contribution in [3.63, 3.8) is 0 Å². The molecule has 1 heterocycles. The van der Waals surface area contributed by atoms with Crippen LogP contribution in [0.2, 0.25) is 0 Å². The van der Waals surface area contributed by atoms with Crippen molar-refractivity contribution < 1.29 is 9.21 Å². The van der Waals surface area contributed by atoms with Gasteiger partial charge in [0.1, 0.15) is 5.52 Å². The molecule has 4 heteroatoms. The van der Waals surface area contributed by atoms with Crippen molar-refractivity contribution in [3.8, 4) is 0 Å². The molecular weight excluding hydrogens is 168 g/mol. The summed E-state index contributed by atoms with van der Waals surface area (Å²) >= 11 is 0. The van der Waals surface area contributed by atoms with Gasteiger partial charge in [0, 0.05) is 5.56 Å². The molecule has 0 unspecified atom stereocenters. The normalized spacial score (nSPS) is 9.85. The zero-order valence-corrected chi connectivity index (χ0v) is 6.73. The molecule has 0 bridgehead atoms. The lowest BCUT2D eigenvalue weighted by Crippen LogP contribution is -1.82. The number of hydrogen-bond acceptors (Lipinski definition) is 4. The summed E-state index contributed by atoms with van der Waals surface area (Å²) in [5.41, 5.74) is 2.33. The highest BCUT2D eigenvalue weighted by molar-refractivity contribution is 5.76. The largest absolute Gasteiger partial charge is 0.443 e. The Balaban J connectivity index is 2.54. The third kappa shape index (κ3) is 1.35. The second kappa shape index (κ2) is 3.21. The van der Waals surface area contributed by atoms with Crippen molar-refractivity contribution >= 4 is 17.2 Å². The maximum atomic E-state index is 9.92. The molecule has 0 radical (unpaired) electrons. The maximum absolute atomic E-state index is 9.92. The van der Waals surface area contributed by atoms with E-state index in [0.717, 1.165) is 11.1 Å². The van der Waals surface area contributed by atoms with Crippen molar-refractivity contribution in [1.82, 2.24) is 4.98 Å². The van der Waals surface area contributed by atoms with E-state index in [0.29, 0.717) is 12.1 Å². The van der Waals surface area contributed by atoms with Gasteiger partial charge in [0.25, 0.3) is 0 Å². The van der Waals surface area contributed by atoms with E-state index >= 15 is 0 Å². The quantitative estimate of drug-likeness (QED) is 0.514. The average molecular weight is 174 g/mol. The average Bonchev–Trinajstić information content (AvgIpc) is 2.62. The van der Waals surface area contributed by atoms with Crippen molar-refractivity contribution in [2.45, 2.75) is 6.54 Å². The van der Waals surface area contributed by atoms with Gasteiger partial charge in [0.15, 0.2) is 12.0 Å². The Kier molecular flexibility index (Phi) is 1.90. The Hall–Kier alpha value is -1.93. The van der Waals surface area contributed by atoms with E-state index in [1.807, 2.05) is 18.2 Å². The number of fused-ring (bicyclic) bond motifs is 1. The number of benzene rings is 1. The van der Waals surface area contributed by atoms with E-state index in [9.17, 15) is 4.79 Å². The fourth-order valence-electron chi connectivity index (χ4n) is 1.19. The van der Waals surface area contributed by atoms with Crippen LogP contribution in [-0.2, 0) is 11.3 Å². The lowest BCUT2D eigenvalue weighted by Gasteiger charge is -1.93. The van der Waals surface area contributed by atoms with E-state index in [-0.39, 0.29) is 0 Å². The van der Waals surface area contributed by atoms with Gasteiger partial charge in [0.05, 0.1) is 6.54 Å². The van der Waals surface area contributed by atoms with Gasteiger partial charge in [-0.2, -0.15) is 0 Å². The first-order valence-corrected chi connectivity index (χ1v) is 3.76. The topological polar surface area (TPSA) is 55.5 Å². The number of hydrogen-bond donors (Lipinski definition) is 0. The molecule has 0 saturated heterocycles. The Morgan fingerprint density at radius 3 is 3.31 bits per heavy atom. The zero-order valence-electron chi connectivity index (χ0n) is 6.73. The third-order valence-electron chi connectivity index (χ3n) is 1.76. The molecular formula is C9H6N2O2. The molecule has 0 aliphatic heterocycles. The Labute approximate surface area is 73.9 Å². The molecule has 64 valence electrons. The standard InChI is InChI=1S/C9H6N2O2/c12-5-10-4-7-2-1-3-8-9(7)11-6-13-8/h1-3,6H,4H2. The number of aromatic nitrogens is 1. The fourth-order valence-corrected chi connectivity index (χ4v) is 1.19. The van der Waals surface area contributed by atoms with Gasteiger partial charge in [-0.25, -0.2) is 14.8 Å². The summed E-state index contributed by atoms with van der Waals surface area (Å²) in [5.74, 6) is 0. The minimum absolute atomic E-state index is 0.299. The molecule has 1 aromatic heterocycles. The Morgan fingerprint density at radius 1 is 1.54 bits per heavy atom. The highest BCUT2D eigenvalue weighted by atomic mass is 16.3. The molecule has 2 rings (SSSR count). The van der Waals surface area contributed by atoms with Gasteiger partial charge in [-0.3, -0.25) is 0 Å². The van der Waals surface area contributed by atoms with Crippen LogP contribution in [0.1, 0.15) is 5.56 Å². The highest BCUT2D eigenvalue weighted by Crippen LogP contribution is 2.17. The van der Waals surface area contributed by atoms with Crippen molar-refractivity contribution in [2.75, 3.05) is 0 Å². The molecule has 1 aromatic carbocycles. The molecule has 0 spiro atoms. The predicted octanol–water partition coefficient (Wildman–Crippen LogP) is 1.66. The summed E-state index contributed by atoms with van der Waals surface area (Å²) in [5, 5.41) is 0. The Bertz CT molecular complexity index is 469. The third-order valence-corrected chi connectivity index (χ3v) is 1.76. The first kappa shape index (κ1) is 7.71. The monoisotopic (exact) mass is 174 g/mol. The molecule has 13 heavy (non-hydrogen) atoms. The lowest BCUT2D eigenvalue weighted by molar-refractivity contribution is 0.563. The molecule has 0 aliphatic rings. The molecule has 0 atom stereocenters. The minimum atomic E-state index is 0.299. The number of oxazole rings is 1. The summed E-state index contributed by atoms with van der Waals surface area (Å²) < 4.78 is 5.09. The number of para-hydroxylation sites is 1. The highest BCUT2D eigenvalue weighted by Gasteiger charge is 2.02. The summed E-state index contributed by atoms with van der Waals surface area (Å²) in [6, 6.07) is 5.51. The molecule has 4 nitrogen and oxygen atoms in total. The van der Waals surface area contributed by atoms with E-state index in [4.69, 9.17) is 4.42 Å². The van der Waals surface area contributed by atoms with Crippen LogP contribution in [0, 0.1) is 0 Å². The summed E-state index contributed by atoms with van der Waals surface area (Å²) in [6.07, 6.45) is 2.86. The number of nitrogens with zero attached hydrogens (tertiary/aromatic N) is 2. The van der Waals surface area contributed by atoms with Crippen molar-refractivity contribution in [2.24, 2.45) is 4.99 Å². The lowest BCUT2D eigenvalue weighted by atomic mass is 10.2. The van der Waals surface area contributed by atoms with Gasteiger partial charge < -0.3 is 4.42 Å². The summed E-state index contributed by atoms with van der Waals surface area (Å²) in [7, 11) is 0. The summed E-state index contributed by atoms with van der Waals surface area (Å²) in [6.45, 7) is 0.299. The van der Waals surface area contributed by atoms with Crippen LogP contribution in [-0.4, -0.2) is 11.1 Å². The van der Waals surface area contributed by atoms with Crippen LogP contribution >= 0.6 is 0 Å². The zero-order chi connectivity index (χ0) is 9.10. The number of isocyanates is 1. The fraction of sp³-hybridized carbons (Fsp3) is 0.111. The number of carbonyl (C=O) groups excluding carboxylic acids is 1. The van der Waals surface area contributed by atoms with E-state index in [2.05, 4.69) is 9.98 Å². The van der Waals surface area contributed by atoms with Crippen LogP contribution < -0.4 is 0 Å². The Morgan fingerprint density at radius 2 is 2.46 bits per heavy atom. The molecule has 0 fully saturated rings. The molecule has 0 aliphatic carbocycles. The molecule has 0 saturated carbocycles. The van der Waals surface area contributed by atoms with Crippen LogP contribution in [0.4, 0.5) is 0 Å². The van der Waals surface area contributed by atoms with E-state index < -0.39 is 0 Å². The van der Waals surface area contributed by atoms with Gasteiger partial charge in [-0.15, -0.1) is 0 Å². The van der Waals surface area contributed by atoms with Crippen LogP contribution in [0.5, 0.6) is 0 Å². The van der Waals surface area contributed by atoms with E-state index in [1.165, 1.54) is 12.5 Å². The van der Waals surface area contributed by atoms with Crippen molar-refractivity contribution in [3.05, 3.63) is 30.2 Å². The van der Waals surface area contributed by atoms with Crippen molar-refractivity contribution in [1.29, 1.82) is 0 Å². The smallest absolute Gasteiger partial charge is 0.235 e. The predicted molar refractivity (Wildman–Crippen MR) is 45.8 cm³/mol. The summed E-state index contributed by atoms with van der Waals surface area (Å²) in [4.78, 5) is 17.4. The maximum Gasteiger partial charge on any atom is 0.235 e.